The van der Waals surface area contributed by atoms with Gasteiger partial charge in [0.15, 0.2) is 0 Å². The van der Waals surface area contributed by atoms with Gasteiger partial charge in [-0.3, -0.25) is 19.4 Å². The number of hydrogen-bond donors (Lipinski definition) is 3. The number of carboxylic acids is 3. The van der Waals surface area contributed by atoms with Gasteiger partial charge in [-0.2, -0.15) is 0 Å². The normalized spacial score (nSPS) is 9.57. The Balaban J connectivity index is 0. The number of carboxylic acid groups (broad SMARTS) is 3. The highest BCUT2D eigenvalue weighted by Gasteiger charge is 2.13. The van der Waals surface area contributed by atoms with Crippen LogP contribution < -0.4 is 0 Å². The fourth-order valence-electron chi connectivity index (χ4n) is 1.25. The van der Waals surface area contributed by atoms with Gasteiger partial charge in [-0.25, -0.2) is 0 Å². The van der Waals surface area contributed by atoms with Crippen LogP contribution in [0.2, 0.25) is 0 Å². The van der Waals surface area contributed by atoms with E-state index in [1.54, 1.807) is 18.5 Å². The van der Waals surface area contributed by atoms with Crippen molar-refractivity contribution in [2.45, 2.75) is 47.0 Å². The Morgan fingerprint density at radius 2 is 1.61 bits per heavy atom. The van der Waals surface area contributed by atoms with E-state index in [1.165, 1.54) is 0 Å². The number of pyridine rings is 1. The second kappa shape index (κ2) is 12.1. The molecule has 0 aromatic carbocycles. The second-order valence-corrected chi connectivity index (χ2v) is 5.91. The molecule has 0 aliphatic heterocycles. The van der Waals surface area contributed by atoms with Gasteiger partial charge in [0.1, 0.15) is 0 Å². The molecule has 1 rings (SSSR count). The van der Waals surface area contributed by atoms with Crippen molar-refractivity contribution in [2.75, 3.05) is 0 Å². The molecule has 0 atom stereocenters. The first-order valence-corrected chi connectivity index (χ1v) is 6.96. The maximum atomic E-state index is 10.2. The largest absolute Gasteiger partial charge is 0.481 e. The highest BCUT2D eigenvalue weighted by Crippen LogP contribution is 2.17. The minimum Gasteiger partial charge on any atom is -0.481 e. The fourth-order valence-corrected chi connectivity index (χ4v) is 1.25. The molecule has 130 valence electrons. The summed E-state index contributed by atoms with van der Waals surface area (Å²) in [5.41, 5.74) is 0.890. The summed E-state index contributed by atoms with van der Waals surface area (Å²) in [6, 6.07) is 3.67. The van der Waals surface area contributed by atoms with Crippen LogP contribution >= 0.6 is 0 Å². The number of rotatable bonds is 4. The third kappa shape index (κ3) is 24.9. The van der Waals surface area contributed by atoms with Gasteiger partial charge >= 0.3 is 11.9 Å². The Morgan fingerprint density at radius 3 is 1.87 bits per heavy atom. The lowest BCUT2D eigenvalue weighted by Gasteiger charge is -2.13. The molecule has 0 saturated heterocycles. The van der Waals surface area contributed by atoms with E-state index in [4.69, 9.17) is 20.1 Å². The first-order chi connectivity index (χ1) is 10.4. The summed E-state index contributed by atoms with van der Waals surface area (Å²) in [6.07, 6.45) is 4.33. The summed E-state index contributed by atoms with van der Waals surface area (Å²) in [7, 11) is 0. The average Bonchev–Trinajstić information content (AvgIpc) is 2.34. The smallest absolute Gasteiger partial charge is 0.303 e. The van der Waals surface area contributed by atoms with Crippen molar-refractivity contribution in [3.8, 4) is 0 Å². The molecule has 0 amide bonds. The second-order valence-electron chi connectivity index (χ2n) is 5.91. The van der Waals surface area contributed by atoms with E-state index in [2.05, 4.69) is 4.98 Å². The molecule has 0 spiro atoms. The molecule has 0 unspecified atom stereocenters. The van der Waals surface area contributed by atoms with Gasteiger partial charge in [-0.05, 0) is 23.5 Å². The van der Waals surface area contributed by atoms with E-state index >= 15 is 0 Å². The molecule has 0 fully saturated rings. The van der Waals surface area contributed by atoms with Crippen molar-refractivity contribution < 1.29 is 29.7 Å². The molecular formula is C16H25NO6. The van der Waals surface area contributed by atoms with Crippen molar-refractivity contribution >= 4 is 17.9 Å². The van der Waals surface area contributed by atoms with E-state index in [-0.39, 0.29) is 18.3 Å². The van der Waals surface area contributed by atoms with E-state index in [9.17, 15) is 9.59 Å². The molecular weight excluding hydrogens is 302 g/mol. The Hall–Kier alpha value is -2.44. The zero-order chi connectivity index (χ0) is 18.5. The lowest BCUT2D eigenvalue weighted by Crippen LogP contribution is -2.11. The lowest BCUT2D eigenvalue weighted by atomic mass is 9.93. The van der Waals surface area contributed by atoms with Crippen molar-refractivity contribution in [3.63, 3.8) is 0 Å². The molecule has 0 saturated carbocycles. The third-order valence-corrected chi connectivity index (χ3v) is 2.03. The highest BCUT2D eigenvalue weighted by atomic mass is 16.4. The molecule has 0 radical (unpaired) electrons. The Labute approximate surface area is 136 Å². The van der Waals surface area contributed by atoms with E-state index in [0.29, 0.717) is 6.42 Å². The summed E-state index contributed by atoms with van der Waals surface area (Å²) in [5, 5.41) is 24.0. The van der Waals surface area contributed by atoms with Crippen LogP contribution in [-0.4, -0.2) is 38.2 Å². The van der Waals surface area contributed by atoms with Gasteiger partial charge in [0.05, 0.1) is 6.42 Å². The summed E-state index contributed by atoms with van der Waals surface area (Å²) >= 11 is 0. The maximum absolute atomic E-state index is 10.2. The summed E-state index contributed by atoms with van der Waals surface area (Å²) < 4.78 is 0. The van der Waals surface area contributed by atoms with Gasteiger partial charge < -0.3 is 15.3 Å². The van der Waals surface area contributed by atoms with Crippen LogP contribution in [0.25, 0.3) is 0 Å². The van der Waals surface area contributed by atoms with Crippen LogP contribution in [0.15, 0.2) is 24.5 Å². The van der Waals surface area contributed by atoms with Gasteiger partial charge in [0, 0.05) is 25.7 Å². The molecule has 3 N–H and O–H groups in total. The number of aryl methyl sites for hydroxylation is 1. The molecule has 0 bridgehead atoms. The SMILES string of the molecule is CC(=O)O.CC(C)(C)CC(=O)O.O=C(O)CCc1cccnc1. The summed E-state index contributed by atoms with van der Waals surface area (Å²) in [4.78, 5) is 33.0. The van der Waals surface area contributed by atoms with Crippen LogP contribution in [0.4, 0.5) is 0 Å². The van der Waals surface area contributed by atoms with Crippen LogP contribution in [0.5, 0.6) is 0 Å². The van der Waals surface area contributed by atoms with Gasteiger partial charge in [0.2, 0.25) is 0 Å². The van der Waals surface area contributed by atoms with Gasteiger partial charge in [-0.15, -0.1) is 0 Å². The summed E-state index contributed by atoms with van der Waals surface area (Å²) in [5.74, 6) is -2.33. The quantitative estimate of drug-likeness (QED) is 0.776. The molecule has 1 heterocycles. The van der Waals surface area contributed by atoms with Crippen molar-refractivity contribution in [2.24, 2.45) is 5.41 Å². The number of aromatic nitrogens is 1. The molecule has 0 aliphatic carbocycles. The Morgan fingerprint density at radius 1 is 1.09 bits per heavy atom. The van der Waals surface area contributed by atoms with Crippen molar-refractivity contribution in [1.29, 1.82) is 0 Å². The number of carbonyl (C=O) groups is 3. The maximum Gasteiger partial charge on any atom is 0.303 e. The Kier molecular flexibility index (Phi) is 12.1. The average molecular weight is 327 g/mol. The highest BCUT2D eigenvalue weighted by molar-refractivity contribution is 5.67. The Bertz CT molecular complexity index is 475. The number of hydrogen-bond acceptors (Lipinski definition) is 4. The standard InChI is InChI=1S/C8H9NO2.C6H12O2.C2H4O2/c10-8(11)4-3-7-2-1-5-9-6-7;1-6(2,3)4-5(7)8;1-2(3)4/h1-2,5-6H,3-4H2,(H,10,11);4H2,1-3H3,(H,7,8);1H3,(H,3,4). The third-order valence-electron chi connectivity index (χ3n) is 2.03. The minimum atomic E-state index is -0.833. The van der Waals surface area contributed by atoms with Crippen LogP contribution in [-0.2, 0) is 20.8 Å². The zero-order valence-electron chi connectivity index (χ0n) is 13.9. The van der Waals surface area contributed by atoms with E-state index in [0.717, 1.165) is 12.5 Å². The fraction of sp³-hybridized carbons (Fsp3) is 0.500. The van der Waals surface area contributed by atoms with E-state index in [1.807, 2.05) is 26.8 Å². The molecule has 1 aromatic heterocycles. The number of aliphatic carboxylic acids is 3. The zero-order valence-corrected chi connectivity index (χ0v) is 13.9. The predicted molar refractivity (Wildman–Crippen MR) is 85.2 cm³/mol. The molecule has 23 heavy (non-hydrogen) atoms. The topological polar surface area (TPSA) is 125 Å². The van der Waals surface area contributed by atoms with Crippen molar-refractivity contribution in [3.05, 3.63) is 30.1 Å². The lowest BCUT2D eigenvalue weighted by molar-refractivity contribution is -0.139. The van der Waals surface area contributed by atoms with Crippen LogP contribution in [0.1, 0.15) is 46.1 Å². The van der Waals surface area contributed by atoms with Crippen molar-refractivity contribution in [1.82, 2.24) is 4.98 Å². The number of nitrogens with zero attached hydrogens (tertiary/aromatic N) is 1. The molecule has 7 heteroatoms. The monoisotopic (exact) mass is 327 g/mol. The predicted octanol–water partition coefficient (Wildman–Crippen LogP) is 2.70. The van der Waals surface area contributed by atoms with Crippen LogP contribution in [0, 0.1) is 5.41 Å². The first-order valence-electron chi connectivity index (χ1n) is 6.96. The van der Waals surface area contributed by atoms with Gasteiger partial charge in [0.25, 0.3) is 5.97 Å². The minimum absolute atomic E-state index is 0.0775. The van der Waals surface area contributed by atoms with E-state index < -0.39 is 17.9 Å². The van der Waals surface area contributed by atoms with Crippen LogP contribution in [0.3, 0.4) is 0 Å². The van der Waals surface area contributed by atoms with Gasteiger partial charge in [-0.1, -0.05) is 26.8 Å². The first kappa shape index (κ1) is 22.8. The molecule has 7 nitrogen and oxygen atoms in total. The molecule has 0 aliphatic rings. The molecule has 1 aromatic rings. The summed E-state index contributed by atoms with van der Waals surface area (Å²) in [6.45, 7) is 6.80.